The van der Waals surface area contributed by atoms with E-state index < -0.39 is 15.7 Å². The number of halogens is 3. The molecule has 0 radical (unpaired) electrons. The Hall–Kier alpha value is -0.250. The molecule has 82 valence electrons. The van der Waals surface area contributed by atoms with E-state index in [-0.39, 0.29) is 0 Å². The van der Waals surface area contributed by atoms with E-state index in [1.807, 2.05) is 0 Å². The molecule has 0 fully saturated rings. The van der Waals surface area contributed by atoms with E-state index in [0.717, 1.165) is 12.8 Å². The monoisotopic (exact) mass is 267 g/mol. The van der Waals surface area contributed by atoms with Gasteiger partial charge in [-0.15, -0.1) is 0 Å². The Morgan fingerprint density at radius 3 is 1.67 bits per heavy atom. The maximum atomic E-state index is 11.8. The fourth-order valence-corrected chi connectivity index (χ4v) is 2.43. The second-order valence-corrected chi connectivity index (χ2v) is 5.80. The molecule has 0 aromatic carbocycles. The van der Waals surface area contributed by atoms with Gasteiger partial charge in [0.2, 0.25) is 0 Å². The summed E-state index contributed by atoms with van der Waals surface area (Å²) in [6.45, 7) is 0. The van der Waals surface area contributed by atoms with Gasteiger partial charge in [0.05, 0.1) is 0 Å². The molecule has 2 rings (SSSR count). The summed E-state index contributed by atoms with van der Waals surface area (Å²) in [6, 6.07) is 0. The first-order valence-electron chi connectivity index (χ1n) is 4.60. The third kappa shape index (κ3) is 1.77. The van der Waals surface area contributed by atoms with Crippen molar-refractivity contribution in [3.8, 4) is 0 Å². The molecule has 0 bridgehead atoms. The van der Waals surface area contributed by atoms with Gasteiger partial charge in [0.1, 0.15) is 0 Å². The summed E-state index contributed by atoms with van der Waals surface area (Å²) in [7, 11) is 0. The first-order chi connectivity index (χ1) is 6.93. The Balaban J connectivity index is 2.38. The van der Waals surface area contributed by atoms with Crippen molar-refractivity contribution in [1.82, 2.24) is 4.90 Å². The summed E-state index contributed by atoms with van der Waals surface area (Å²) in [4.78, 5) is 24.3. The first kappa shape index (κ1) is 11.2. The van der Waals surface area contributed by atoms with Crippen molar-refractivity contribution in [2.24, 2.45) is 0 Å². The maximum absolute atomic E-state index is 11.8. The molecule has 6 heteroatoms. The van der Waals surface area contributed by atoms with Crippen LogP contribution in [0.1, 0.15) is 25.7 Å². The van der Waals surface area contributed by atoms with Gasteiger partial charge in [0.15, 0.2) is 0 Å². The lowest BCUT2D eigenvalue weighted by molar-refractivity contribution is -0.138. The van der Waals surface area contributed by atoms with Gasteiger partial charge in [0.25, 0.3) is 15.7 Å². The fourth-order valence-electron chi connectivity index (χ4n) is 1.97. The van der Waals surface area contributed by atoms with Crippen molar-refractivity contribution in [3.05, 3.63) is 11.1 Å². The van der Waals surface area contributed by atoms with E-state index in [2.05, 4.69) is 0 Å². The van der Waals surface area contributed by atoms with Gasteiger partial charge in [-0.3, -0.25) is 9.59 Å². The minimum absolute atomic E-state index is 0.449. The lowest BCUT2D eigenvalue weighted by Crippen LogP contribution is -2.41. The summed E-state index contributed by atoms with van der Waals surface area (Å²) in [5.41, 5.74) is 1.05. The summed E-state index contributed by atoms with van der Waals surface area (Å²) in [6.07, 6.45) is 3.03. The van der Waals surface area contributed by atoms with Crippen LogP contribution in [-0.4, -0.2) is 20.6 Å². The molecule has 0 unspecified atom stereocenters. The Labute approximate surface area is 102 Å². The van der Waals surface area contributed by atoms with Gasteiger partial charge >= 0.3 is 0 Å². The molecule has 15 heavy (non-hydrogen) atoms. The highest BCUT2D eigenvalue weighted by atomic mass is 35.6. The first-order valence-corrected chi connectivity index (χ1v) is 5.74. The Bertz CT molecular complexity index is 342. The van der Waals surface area contributed by atoms with Crippen LogP contribution in [-0.2, 0) is 9.59 Å². The minimum atomic E-state index is -1.98. The summed E-state index contributed by atoms with van der Waals surface area (Å²) in [5, 5.41) is 0. The van der Waals surface area contributed by atoms with Gasteiger partial charge in [-0.25, -0.2) is 4.90 Å². The highest BCUT2D eigenvalue weighted by molar-refractivity contribution is 6.68. The third-order valence-electron chi connectivity index (χ3n) is 2.64. The standard InChI is InChI=1S/C9H8Cl3NO2/c10-9(11,12)13-7(14)5-3-1-2-4-6(5)8(13)15/h1-4H2. The smallest absolute Gasteiger partial charge is 0.269 e. The zero-order valence-corrected chi connectivity index (χ0v) is 9.99. The van der Waals surface area contributed by atoms with Crippen LogP contribution in [0.4, 0.5) is 0 Å². The molecule has 3 nitrogen and oxygen atoms in total. The molecule has 0 aromatic rings. The fraction of sp³-hybridized carbons (Fsp3) is 0.556. The van der Waals surface area contributed by atoms with Crippen LogP contribution < -0.4 is 0 Å². The second-order valence-electron chi connectivity index (χ2n) is 3.58. The predicted molar refractivity (Wildman–Crippen MR) is 57.6 cm³/mol. The molecule has 2 amide bonds. The van der Waals surface area contributed by atoms with E-state index in [9.17, 15) is 9.59 Å². The summed E-state index contributed by atoms with van der Waals surface area (Å²) in [5.74, 6) is -0.899. The van der Waals surface area contributed by atoms with Crippen LogP contribution in [0.2, 0.25) is 0 Å². The molecule has 0 saturated carbocycles. The number of carbonyl (C=O) groups is 2. The molecule has 0 spiro atoms. The average molecular weight is 269 g/mol. The molecule has 1 heterocycles. The van der Waals surface area contributed by atoms with Crippen LogP contribution in [0.15, 0.2) is 11.1 Å². The molecule has 1 aliphatic heterocycles. The van der Waals surface area contributed by atoms with Gasteiger partial charge in [0, 0.05) is 11.1 Å². The van der Waals surface area contributed by atoms with Crippen molar-refractivity contribution >= 4 is 46.6 Å². The normalized spacial score (nSPS) is 22.5. The largest absolute Gasteiger partial charge is 0.277 e. The average Bonchev–Trinajstić information content (AvgIpc) is 2.39. The summed E-state index contributed by atoms with van der Waals surface area (Å²) >= 11 is 16.7. The lowest BCUT2D eigenvalue weighted by Gasteiger charge is -2.22. The third-order valence-corrected chi connectivity index (χ3v) is 3.15. The van der Waals surface area contributed by atoms with Crippen LogP contribution in [0.25, 0.3) is 0 Å². The lowest BCUT2D eigenvalue weighted by atomic mass is 9.93. The Morgan fingerprint density at radius 1 is 0.933 bits per heavy atom. The van der Waals surface area contributed by atoms with E-state index in [1.165, 1.54) is 0 Å². The van der Waals surface area contributed by atoms with E-state index >= 15 is 0 Å². The number of alkyl halides is 3. The van der Waals surface area contributed by atoms with E-state index in [1.54, 1.807) is 0 Å². The van der Waals surface area contributed by atoms with E-state index in [0.29, 0.717) is 28.9 Å². The van der Waals surface area contributed by atoms with Crippen LogP contribution in [0.3, 0.4) is 0 Å². The Kier molecular flexibility index (Phi) is 2.73. The van der Waals surface area contributed by atoms with Crippen molar-refractivity contribution in [2.75, 3.05) is 0 Å². The van der Waals surface area contributed by atoms with Gasteiger partial charge in [-0.2, -0.15) is 0 Å². The van der Waals surface area contributed by atoms with Crippen LogP contribution >= 0.6 is 34.8 Å². The molecule has 0 atom stereocenters. The number of nitrogens with zero attached hydrogens (tertiary/aromatic N) is 1. The van der Waals surface area contributed by atoms with Crippen molar-refractivity contribution < 1.29 is 9.59 Å². The minimum Gasteiger partial charge on any atom is -0.269 e. The molecule has 0 aromatic heterocycles. The topological polar surface area (TPSA) is 37.4 Å². The summed E-state index contributed by atoms with van der Waals surface area (Å²) < 4.78 is -1.98. The van der Waals surface area contributed by atoms with Crippen molar-refractivity contribution in [3.63, 3.8) is 0 Å². The van der Waals surface area contributed by atoms with Crippen molar-refractivity contribution in [1.29, 1.82) is 0 Å². The number of hydrogen-bond acceptors (Lipinski definition) is 2. The number of hydrogen-bond donors (Lipinski definition) is 0. The highest BCUT2D eigenvalue weighted by Crippen LogP contribution is 2.41. The molecule has 1 aliphatic carbocycles. The molecule has 0 saturated heterocycles. The zero-order chi connectivity index (χ0) is 11.2. The van der Waals surface area contributed by atoms with Crippen molar-refractivity contribution in [2.45, 2.75) is 29.6 Å². The Morgan fingerprint density at radius 2 is 1.33 bits per heavy atom. The van der Waals surface area contributed by atoms with Gasteiger partial charge in [-0.05, 0) is 25.7 Å². The highest BCUT2D eigenvalue weighted by Gasteiger charge is 2.47. The van der Waals surface area contributed by atoms with E-state index in [4.69, 9.17) is 34.8 Å². The maximum Gasteiger partial charge on any atom is 0.277 e. The second kappa shape index (κ2) is 3.65. The predicted octanol–water partition coefficient (Wildman–Crippen LogP) is 2.55. The number of rotatable bonds is 0. The quantitative estimate of drug-likeness (QED) is 0.385. The van der Waals surface area contributed by atoms with Gasteiger partial charge in [-0.1, -0.05) is 34.8 Å². The zero-order valence-electron chi connectivity index (χ0n) is 7.73. The molecular formula is C9H8Cl3NO2. The molecule has 0 N–H and O–H groups in total. The number of imide groups is 1. The molecule has 2 aliphatic rings. The van der Waals surface area contributed by atoms with Crippen LogP contribution in [0.5, 0.6) is 0 Å². The number of amides is 2. The SMILES string of the molecule is O=C1C2=C(CCCC2)C(=O)N1C(Cl)(Cl)Cl. The molecular weight excluding hydrogens is 260 g/mol. The van der Waals surface area contributed by atoms with Gasteiger partial charge < -0.3 is 0 Å². The van der Waals surface area contributed by atoms with Crippen LogP contribution in [0, 0.1) is 0 Å². The number of carbonyl (C=O) groups excluding carboxylic acids is 2.